The second kappa shape index (κ2) is 8.52. The summed E-state index contributed by atoms with van der Waals surface area (Å²) in [6, 6.07) is 22.0. The van der Waals surface area contributed by atoms with Gasteiger partial charge in [-0.3, -0.25) is 9.59 Å². The number of rotatable bonds is 5. The summed E-state index contributed by atoms with van der Waals surface area (Å²) in [6.07, 6.45) is 0. The monoisotopic (exact) mass is 371 g/mol. The number of carbonyl (C=O) groups excluding carboxylic acids is 2. The van der Waals surface area contributed by atoms with Crippen molar-refractivity contribution in [1.82, 2.24) is 0 Å². The number of nitrogens with zero attached hydrogens (tertiary/aromatic N) is 1. The molecular formula is C22H17N3O3. The van der Waals surface area contributed by atoms with Gasteiger partial charge < -0.3 is 15.4 Å². The zero-order chi connectivity index (χ0) is 19.9. The van der Waals surface area contributed by atoms with Gasteiger partial charge in [0.05, 0.1) is 18.7 Å². The molecule has 2 amide bonds. The number of nitrogens with one attached hydrogen (secondary N) is 2. The Balaban J connectivity index is 1.67. The van der Waals surface area contributed by atoms with E-state index in [2.05, 4.69) is 10.6 Å². The minimum absolute atomic E-state index is 0.290. The molecular weight excluding hydrogens is 354 g/mol. The van der Waals surface area contributed by atoms with E-state index in [1.165, 1.54) is 0 Å². The van der Waals surface area contributed by atoms with Crippen molar-refractivity contribution in [3.63, 3.8) is 0 Å². The molecule has 6 heteroatoms. The highest BCUT2D eigenvalue weighted by Crippen LogP contribution is 2.18. The van der Waals surface area contributed by atoms with Gasteiger partial charge in [-0.25, -0.2) is 0 Å². The summed E-state index contributed by atoms with van der Waals surface area (Å²) < 4.78 is 5.13. The first-order valence-electron chi connectivity index (χ1n) is 8.46. The smallest absolute Gasteiger partial charge is 0.255 e. The first-order valence-corrected chi connectivity index (χ1v) is 8.46. The van der Waals surface area contributed by atoms with Gasteiger partial charge in [0.15, 0.2) is 0 Å². The summed E-state index contributed by atoms with van der Waals surface area (Å²) in [5, 5.41) is 14.4. The third-order valence-corrected chi connectivity index (χ3v) is 3.99. The number of nitriles is 1. The van der Waals surface area contributed by atoms with Gasteiger partial charge in [-0.2, -0.15) is 5.26 Å². The fourth-order valence-electron chi connectivity index (χ4n) is 2.55. The number of methoxy groups -OCH3 is 1. The molecule has 2 N–H and O–H groups in total. The van der Waals surface area contributed by atoms with E-state index in [9.17, 15) is 9.59 Å². The molecule has 0 aliphatic rings. The topological polar surface area (TPSA) is 91.2 Å². The predicted molar refractivity (Wildman–Crippen MR) is 106 cm³/mol. The van der Waals surface area contributed by atoms with Crippen LogP contribution in [-0.4, -0.2) is 18.9 Å². The molecule has 0 atom stereocenters. The van der Waals surface area contributed by atoms with Crippen molar-refractivity contribution < 1.29 is 14.3 Å². The standard InChI is InChI=1S/C22H17N3O3/c1-28-20-7-3-6-19(13-20)25-22(27)17-10-8-16(9-11-17)21(26)24-18-5-2-4-15(12-18)14-23/h2-13H,1H3,(H,24,26)(H,25,27). The van der Waals surface area contributed by atoms with E-state index in [0.29, 0.717) is 33.8 Å². The fraction of sp³-hybridized carbons (Fsp3) is 0.0455. The third kappa shape index (κ3) is 4.54. The molecule has 6 nitrogen and oxygen atoms in total. The van der Waals surface area contributed by atoms with Crippen molar-refractivity contribution in [3.05, 3.63) is 89.5 Å². The molecule has 0 aromatic heterocycles. The second-order valence-electron chi connectivity index (χ2n) is 5.91. The number of ether oxygens (including phenoxy) is 1. The van der Waals surface area contributed by atoms with Crippen molar-refractivity contribution in [2.75, 3.05) is 17.7 Å². The van der Waals surface area contributed by atoms with E-state index in [1.54, 1.807) is 79.9 Å². The Labute approximate surface area is 162 Å². The molecule has 3 aromatic carbocycles. The Morgan fingerprint density at radius 3 is 1.89 bits per heavy atom. The maximum Gasteiger partial charge on any atom is 0.255 e. The molecule has 0 aliphatic heterocycles. The van der Waals surface area contributed by atoms with Crippen LogP contribution in [0.2, 0.25) is 0 Å². The Morgan fingerprint density at radius 2 is 1.36 bits per heavy atom. The van der Waals surface area contributed by atoms with E-state index in [0.717, 1.165) is 0 Å². The van der Waals surface area contributed by atoms with Crippen molar-refractivity contribution >= 4 is 23.2 Å². The highest BCUT2D eigenvalue weighted by Gasteiger charge is 2.10. The molecule has 0 heterocycles. The lowest BCUT2D eigenvalue weighted by Gasteiger charge is -2.08. The van der Waals surface area contributed by atoms with Crippen molar-refractivity contribution in [3.8, 4) is 11.8 Å². The van der Waals surface area contributed by atoms with Crippen LogP contribution >= 0.6 is 0 Å². The predicted octanol–water partition coefficient (Wildman–Crippen LogP) is 4.07. The van der Waals surface area contributed by atoms with Crippen LogP contribution in [0.4, 0.5) is 11.4 Å². The molecule has 0 spiro atoms. The van der Waals surface area contributed by atoms with Crippen LogP contribution in [-0.2, 0) is 0 Å². The maximum absolute atomic E-state index is 12.4. The lowest BCUT2D eigenvalue weighted by molar-refractivity contribution is 0.101. The van der Waals surface area contributed by atoms with Gasteiger partial charge in [-0.15, -0.1) is 0 Å². The summed E-state index contributed by atoms with van der Waals surface area (Å²) >= 11 is 0. The Kier molecular flexibility index (Phi) is 5.68. The average Bonchev–Trinajstić information content (AvgIpc) is 2.74. The van der Waals surface area contributed by atoms with Gasteiger partial charge >= 0.3 is 0 Å². The maximum atomic E-state index is 12.4. The molecule has 0 aliphatic carbocycles. The van der Waals surface area contributed by atoms with Crippen LogP contribution in [0.5, 0.6) is 5.75 Å². The zero-order valence-electron chi connectivity index (χ0n) is 15.1. The van der Waals surface area contributed by atoms with Gasteiger partial charge in [0.1, 0.15) is 5.75 Å². The number of carbonyl (C=O) groups is 2. The minimum atomic E-state index is -0.324. The van der Waals surface area contributed by atoms with Gasteiger partial charge in [0.2, 0.25) is 0 Å². The summed E-state index contributed by atoms with van der Waals surface area (Å²) in [5.74, 6) is 0.0297. The molecule has 0 radical (unpaired) electrons. The molecule has 0 unspecified atom stereocenters. The number of hydrogen-bond acceptors (Lipinski definition) is 4. The molecule has 3 rings (SSSR count). The van der Waals surface area contributed by atoms with Crippen LogP contribution in [0.1, 0.15) is 26.3 Å². The molecule has 0 saturated heterocycles. The Bertz CT molecular complexity index is 1050. The largest absolute Gasteiger partial charge is 0.497 e. The third-order valence-electron chi connectivity index (χ3n) is 3.99. The summed E-state index contributed by atoms with van der Waals surface area (Å²) in [6.45, 7) is 0. The van der Waals surface area contributed by atoms with Crippen molar-refractivity contribution in [2.24, 2.45) is 0 Å². The second-order valence-corrected chi connectivity index (χ2v) is 5.91. The van der Waals surface area contributed by atoms with Gasteiger partial charge in [0, 0.05) is 28.6 Å². The molecule has 0 saturated carbocycles. The van der Waals surface area contributed by atoms with E-state index in [-0.39, 0.29) is 11.8 Å². The minimum Gasteiger partial charge on any atom is -0.497 e. The van der Waals surface area contributed by atoms with Crippen LogP contribution in [0.15, 0.2) is 72.8 Å². The number of amides is 2. The summed E-state index contributed by atoms with van der Waals surface area (Å²) in [5.41, 5.74) is 2.43. The van der Waals surface area contributed by atoms with Gasteiger partial charge in [-0.1, -0.05) is 12.1 Å². The molecule has 0 fully saturated rings. The van der Waals surface area contributed by atoms with Crippen molar-refractivity contribution in [1.29, 1.82) is 5.26 Å². The first kappa shape index (κ1) is 18.7. The average molecular weight is 371 g/mol. The van der Waals surface area contributed by atoms with Crippen LogP contribution in [0, 0.1) is 11.3 Å². The van der Waals surface area contributed by atoms with Crippen LogP contribution < -0.4 is 15.4 Å². The zero-order valence-corrected chi connectivity index (χ0v) is 15.1. The van der Waals surface area contributed by atoms with Gasteiger partial charge in [0.25, 0.3) is 11.8 Å². The van der Waals surface area contributed by atoms with E-state index in [4.69, 9.17) is 10.00 Å². The Morgan fingerprint density at radius 1 is 0.821 bits per heavy atom. The Hall–Kier alpha value is -4.11. The molecule has 138 valence electrons. The highest BCUT2D eigenvalue weighted by atomic mass is 16.5. The number of benzene rings is 3. The highest BCUT2D eigenvalue weighted by molar-refractivity contribution is 6.07. The SMILES string of the molecule is COc1cccc(NC(=O)c2ccc(C(=O)Nc3cccc(C#N)c3)cc2)c1. The normalized spacial score (nSPS) is 9.86. The van der Waals surface area contributed by atoms with E-state index < -0.39 is 0 Å². The van der Waals surface area contributed by atoms with Gasteiger partial charge in [-0.05, 0) is 54.6 Å². The molecule has 0 bridgehead atoms. The number of hydrogen-bond donors (Lipinski definition) is 2. The lowest BCUT2D eigenvalue weighted by atomic mass is 10.1. The molecule has 3 aromatic rings. The van der Waals surface area contributed by atoms with E-state index in [1.807, 2.05) is 6.07 Å². The van der Waals surface area contributed by atoms with Crippen LogP contribution in [0.25, 0.3) is 0 Å². The first-order chi connectivity index (χ1) is 13.6. The van der Waals surface area contributed by atoms with E-state index >= 15 is 0 Å². The summed E-state index contributed by atoms with van der Waals surface area (Å²) in [7, 11) is 1.56. The van der Waals surface area contributed by atoms with Crippen molar-refractivity contribution in [2.45, 2.75) is 0 Å². The number of anilines is 2. The molecule has 28 heavy (non-hydrogen) atoms. The lowest BCUT2D eigenvalue weighted by Crippen LogP contribution is -2.14. The fourth-order valence-corrected chi connectivity index (χ4v) is 2.55. The van der Waals surface area contributed by atoms with Crippen LogP contribution in [0.3, 0.4) is 0 Å². The quantitative estimate of drug-likeness (QED) is 0.707. The summed E-state index contributed by atoms with van der Waals surface area (Å²) in [4.78, 5) is 24.7.